The summed E-state index contributed by atoms with van der Waals surface area (Å²) in [5, 5.41) is 9.96. The Labute approximate surface area is 112 Å². The van der Waals surface area contributed by atoms with Crippen molar-refractivity contribution in [2.45, 2.75) is 12.8 Å². The molecule has 3 rings (SSSR count). The van der Waals surface area contributed by atoms with E-state index in [0.29, 0.717) is 5.92 Å². The summed E-state index contributed by atoms with van der Waals surface area (Å²) >= 11 is 0. The predicted octanol–water partition coefficient (Wildman–Crippen LogP) is 2.01. The van der Waals surface area contributed by atoms with Crippen LogP contribution in [0.2, 0.25) is 0 Å². The standard InChI is InChI=1S/C15H18N2O2/c18-9-6-11-5-8-17(10-11)15(19)13-2-1-3-14-12(13)4-7-16-14/h1-4,7,11,16,18H,5-6,8-10H2. The Balaban J connectivity index is 1.83. The summed E-state index contributed by atoms with van der Waals surface area (Å²) in [7, 11) is 0. The molecule has 1 fully saturated rings. The van der Waals surface area contributed by atoms with Gasteiger partial charge in [-0.05, 0) is 37.0 Å². The molecule has 1 amide bonds. The van der Waals surface area contributed by atoms with Crippen molar-refractivity contribution in [2.24, 2.45) is 5.92 Å². The molecule has 4 nitrogen and oxygen atoms in total. The zero-order valence-corrected chi connectivity index (χ0v) is 10.8. The molecule has 0 saturated carbocycles. The third-order valence-electron chi connectivity index (χ3n) is 3.94. The molecule has 4 heteroatoms. The van der Waals surface area contributed by atoms with E-state index < -0.39 is 0 Å². The number of hydrogen-bond acceptors (Lipinski definition) is 2. The highest BCUT2D eigenvalue weighted by Crippen LogP contribution is 2.24. The van der Waals surface area contributed by atoms with E-state index in [9.17, 15) is 4.79 Å². The van der Waals surface area contributed by atoms with Crippen LogP contribution in [0.4, 0.5) is 0 Å². The Kier molecular flexibility index (Phi) is 3.25. The Hall–Kier alpha value is -1.81. The number of hydrogen-bond donors (Lipinski definition) is 2. The van der Waals surface area contributed by atoms with Crippen LogP contribution in [0.25, 0.3) is 10.9 Å². The highest BCUT2D eigenvalue weighted by molar-refractivity contribution is 6.06. The third kappa shape index (κ3) is 2.24. The van der Waals surface area contributed by atoms with Crippen molar-refractivity contribution in [3.05, 3.63) is 36.0 Å². The third-order valence-corrected chi connectivity index (χ3v) is 3.94. The summed E-state index contributed by atoms with van der Waals surface area (Å²) < 4.78 is 0. The summed E-state index contributed by atoms with van der Waals surface area (Å²) in [5.74, 6) is 0.546. The molecule has 0 aliphatic carbocycles. The second-order valence-corrected chi connectivity index (χ2v) is 5.16. The number of aliphatic hydroxyl groups excluding tert-OH is 1. The fourth-order valence-corrected chi connectivity index (χ4v) is 2.88. The van der Waals surface area contributed by atoms with Gasteiger partial charge in [0, 0.05) is 42.4 Å². The Morgan fingerprint density at radius 3 is 3.16 bits per heavy atom. The van der Waals surface area contributed by atoms with E-state index in [-0.39, 0.29) is 12.5 Å². The van der Waals surface area contributed by atoms with Gasteiger partial charge < -0.3 is 15.0 Å². The van der Waals surface area contributed by atoms with E-state index in [2.05, 4.69) is 4.98 Å². The quantitative estimate of drug-likeness (QED) is 0.885. The first-order valence-electron chi connectivity index (χ1n) is 6.76. The van der Waals surface area contributed by atoms with Crippen LogP contribution in [0.3, 0.4) is 0 Å². The van der Waals surface area contributed by atoms with Crippen molar-refractivity contribution in [3.63, 3.8) is 0 Å². The van der Waals surface area contributed by atoms with Gasteiger partial charge in [0.1, 0.15) is 0 Å². The average Bonchev–Trinajstić information content (AvgIpc) is 3.06. The van der Waals surface area contributed by atoms with Crippen LogP contribution in [0.5, 0.6) is 0 Å². The zero-order valence-electron chi connectivity index (χ0n) is 10.8. The van der Waals surface area contributed by atoms with Gasteiger partial charge in [-0.1, -0.05) is 6.07 Å². The molecule has 100 valence electrons. The lowest BCUT2D eigenvalue weighted by Gasteiger charge is -2.17. The van der Waals surface area contributed by atoms with Crippen LogP contribution in [0.1, 0.15) is 23.2 Å². The second-order valence-electron chi connectivity index (χ2n) is 5.16. The number of nitrogens with zero attached hydrogens (tertiary/aromatic N) is 1. The van der Waals surface area contributed by atoms with Gasteiger partial charge in [0.2, 0.25) is 0 Å². The number of aromatic nitrogens is 1. The molecule has 2 aromatic rings. The van der Waals surface area contributed by atoms with Crippen molar-refractivity contribution < 1.29 is 9.90 Å². The van der Waals surface area contributed by atoms with Gasteiger partial charge in [0.05, 0.1) is 0 Å². The molecule has 2 N–H and O–H groups in total. The van der Waals surface area contributed by atoms with Crippen LogP contribution in [0, 0.1) is 5.92 Å². The van der Waals surface area contributed by atoms with Crippen LogP contribution in [-0.4, -0.2) is 40.6 Å². The number of likely N-dealkylation sites (tertiary alicyclic amines) is 1. The zero-order chi connectivity index (χ0) is 13.2. The lowest BCUT2D eigenvalue weighted by Crippen LogP contribution is -2.28. The van der Waals surface area contributed by atoms with Gasteiger partial charge in [-0.3, -0.25) is 4.79 Å². The van der Waals surface area contributed by atoms with E-state index in [0.717, 1.165) is 42.4 Å². The number of carbonyl (C=O) groups is 1. The molecular weight excluding hydrogens is 240 g/mol. The van der Waals surface area contributed by atoms with Crippen LogP contribution in [-0.2, 0) is 0 Å². The number of aromatic amines is 1. The number of nitrogens with one attached hydrogen (secondary N) is 1. The lowest BCUT2D eigenvalue weighted by atomic mass is 10.1. The number of rotatable bonds is 3. The number of H-pyrrole nitrogens is 1. The molecule has 1 saturated heterocycles. The van der Waals surface area contributed by atoms with Crippen molar-refractivity contribution in [2.75, 3.05) is 19.7 Å². The first-order chi connectivity index (χ1) is 9.29. The Morgan fingerprint density at radius 2 is 2.32 bits per heavy atom. The number of amides is 1. The number of benzene rings is 1. The van der Waals surface area contributed by atoms with Crippen LogP contribution in [0.15, 0.2) is 30.5 Å². The van der Waals surface area contributed by atoms with Gasteiger partial charge in [-0.25, -0.2) is 0 Å². The molecule has 19 heavy (non-hydrogen) atoms. The van der Waals surface area contributed by atoms with E-state index >= 15 is 0 Å². The topological polar surface area (TPSA) is 56.3 Å². The Bertz CT molecular complexity index is 591. The molecule has 1 unspecified atom stereocenters. The number of aliphatic hydroxyl groups is 1. The van der Waals surface area contributed by atoms with Crippen molar-refractivity contribution >= 4 is 16.8 Å². The fourth-order valence-electron chi connectivity index (χ4n) is 2.88. The molecule has 1 aromatic heterocycles. The number of carbonyl (C=O) groups excluding carboxylic acids is 1. The minimum Gasteiger partial charge on any atom is -0.396 e. The van der Waals surface area contributed by atoms with E-state index in [1.54, 1.807) is 0 Å². The summed E-state index contributed by atoms with van der Waals surface area (Å²) in [6.45, 7) is 1.77. The minimum atomic E-state index is 0.102. The Morgan fingerprint density at radius 1 is 1.42 bits per heavy atom. The summed E-state index contributed by atoms with van der Waals surface area (Å²) in [4.78, 5) is 17.6. The maximum Gasteiger partial charge on any atom is 0.254 e. The van der Waals surface area contributed by atoms with Gasteiger partial charge in [-0.2, -0.15) is 0 Å². The fraction of sp³-hybridized carbons (Fsp3) is 0.400. The molecular formula is C15H18N2O2. The second kappa shape index (κ2) is 5.05. The largest absolute Gasteiger partial charge is 0.396 e. The molecule has 2 heterocycles. The van der Waals surface area contributed by atoms with Crippen molar-refractivity contribution in [3.8, 4) is 0 Å². The molecule has 0 bridgehead atoms. The van der Waals surface area contributed by atoms with E-state index in [4.69, 9.17) is 5.11 Å². The lowest BCUT2D eigenvalue weighted by molar-refractivity contribution is 0.0786. The SMILES string of the molecule is O=C(c1cccc2[nH]ccc12)N1CCC(CCO)C1. The molecule has 1 aliphatic heterocycles. The van der Waals surface area contributed by atoms with E-state index in [1.807, 2.05) is 35.4 Å². The predicted molar refractivity (Wildman–Crippen MR) is 74.0 cm³/mol. The maximum atomic E-state index is 12.6. The average molecular weight is 258 g/mol. The first kappa shape index (κ1) is 12.2. The van der Waals surface area contributed by atoms with Crippen molar-refractivity contribution in [1.82, 2.24) is 9.88 Å². The maximum absolute atomic E-state index is 12.6. The first-order valence-corrected chi connectivity index (χ1v) is 6.76. The van der Waals surface area contributed by atoms with Gasteiger partial charge in [0.25, 0.3) is 5.91 Å². The van der Waals surface area contributed by atoms with Gasteiger partial charge in [-0.15, -0.1) is 0 Å². The van der Waals surface area contributed by atoms with Crippen LogP contribution >= 0.6 is 0 Å². The summed E-state index contributed by atoms with van der Waals surface area (Å²) in [6.07, 6.45) is 3.65. The van der Waals surface area contributed by atoms with Gasteiger partial charge in [0.15, 0.2) is 0 Å². The molecule has 1 aromatic carbocycles. The van der Waals surface area contributed by atoms with E-state index in [1.165, 1.54) is 0 Å². The molecule has 0 spiro atoms. The number of fused-ring (bicyclic) bond motifs is 1. The smallest absolute Gasteiger partial charge is 0.254 e. The van der Waals surface area contributed by atoms with Crippen LogP contribution < -0.4 is 0 Å². The highest BCUT2D eigenvalue weighted by Gasteiger charge is 2.27. The molecule has 1 aliphatic rings. The minimum absolute atomic E-state index is 0.102. The van der Waals surface area contributed by atoms with Crippen molar-refractivity contribution in [1.29, 1.82) is 0 Å². The molecule has 1 atom stereocenters. The summed E-state index contributed by atoms with van der Waals surface area (Å²) in [5.41, 5.74) is 1.76. The highest BCUT2D eigenvalue weighted by atomic mass is 16.3. The molecule has 0 radical (unpaired) electrons. The van der Waals surface area contributed by atoms with Gasteiger partial charge >= 0.3 is 0 Å². The summed E-state index contributed by atoms with van der Waals surface area (Å²) in [6, 6.07) is 7.72. The monoisotopic (exact) mass is 258 g/mol. The normalized spacial score (nSPS) is 19.2.